The van der Waals surface area contributed by atoms with Gasteiger partial charge in [-0.1, -0.05) is 30.3 Å². The monoisotopic (exact) mass is 370 g/mol. The summed E-state index contributed by atoms with van der Waals surface area (Å²) in [7, 11) is 0. The molecule has 0 spiro atoms. The summed E-state index contributed by atoms with van der Waals surface area (Å²) < 4.78 is 5.99. The highest BCUT2D eigenvalue weighted by atomic mass is 35.5. The van der Waals surface area contributed by atoms with Gasteiger partial charge in [-0.3, -0.25) is 4.79 Å². The Balaban J connectivity index is 0.00000208. The number of benzene rings is 1. The summed E-state index contributed by atoms with van der Waals surface area (Å²) in [6, 6.07) is 10.6. The van der Waals surface area contributed by atoms with Crippen molar-refractivity contribution in [3.8, 4) is 0 Å². The lowest BCUT2D eigenvalue weighted by Gasteiger charge is -2.33. The third kappa shape index (κ3) is 5.96. The largest absolute Gasteiger partial charge is 0.373 e. The molecule has 0 radical (unpaired) electrons. The summed E-state index contributed by atoms with van der Waals surface area (Å²) in [6.45, 7) is 3.36. The number of hydrogen-bond acceptors (Lipinski definition) is 4. The van der Waals surface area contributed by atoms with E-state index in [2.05, 4.69) is 17.4 Å². The highest BCUT2D eigenvalue weighted by molar-refractivity contribution is 7.99. The molecule has 2 aliphatic rings. The summed E-state index contributed by atoms with van der Waals surface area (Å²) in [5.74, 6) is 2.52. The van der Waals surface area contributed by atoms with E-state index in [4.69, 9.17) is 4.74 Å². The lowest BCUT2D eigenvalue weighted by Crippen LogP contribution is -2.45. The molecule has 3 rings (SSSR count). The Hall–Kier alpha value is -0.750. The number of rotatable bonds is 5. The van der Waals surface area contributed by atoms with E-state index >= 15 is 0 Å². The minimum atomic E-state index is 0. The molecule has 1 N–H and O–H groups in total. The van der Waals surface area contributed by atoms with E-state index in [0.29, 0.717) is 25.0 Å². The SMILES string of the molecule is Cl.O=C(CC1CSCCN1)N1CCC(OCc2ccccc2)CC1. The number of likely N-dealkylation sites (tertiary alicyclic amines) is 1. The second-order valence-corrected chi connectivity index (χ2v) is 7.46. The van der Waals surface area contributed by atoms with E-state index in [0.717, 1.165) is 44.0 Å². The first kappa shape index (κ1) is 19.6. The number of amides is 1. The maximum Gasteiger partial charge on any atom is 0.224 e. The van der Waals surface area contributed by atoms with Gasteiger partial charge in [0, 0.05) is 43.6 Å². The predicted molar refractivity (Wildman–Crippen MR) is 102 cm³/mol. The molecule has 2 heterocycles. The van der Waals surface area contributed by atoms with E-state index in [1.807, 2.05) is 34.9 Å². The van der Waals surface area contributed by atoms with Crippen LogP contribution in [0, 0.1) is 0 Å². The molecule has 4 nitrogen and oxygen atoms in total. The molecule has 2 aliphatic heterocycles. The Morgan fingerprint density at radius 3 is 2.67 bits per heavy atom. The number of halogens is 1. The molecule has 1 unspecified atom stereocenters. The highest BCUT2D eigenvalue weighted by Gasteiger charge is 2.25. The predicted octanol–water partition coefficient (Wildman–Crippen LogP) is 2.71. The van der Waals surface area contributed by atoms with Crippen LogP contribution in [-0.2, 0) is 16.1 Å². The zero-order valence-electron chi connectivity index (χ0n) is 14.0. The van der Waals surface area contributed by atoms with Gasteiger partial charge in [0.05, 0.1) is 12.7 Å². The number of carbonyl (C=O) groups is 1. The molecular formula is C18H27ClN2O2S. The normalized spacial score (nSPS) is 22.0. The topological polar surface area (TPSA) is 41.6 Å². The molecule has 2 fully saturated rings. The molecule has 1 aromatic carbocycles. The second kappa shape index (κ2) is 10.3. The highest BCUT2D eigenvalue weighted by Crippen LogP contribution is 2.18. The van der Waals surface area contributed by atoms with E-state index in [1.165, 1.54) is 5.56 Å². The summed E-state index contributed by atoms with van der Waals surface area (Å²) in [4.78, 5) is 14.4. The van der Waals surface area contributed by atoms with Crippen LogP contribution >= 0.6 is 24.2 Å². The molecule has 1 atom stereocenters. The van der Waals surface area contributed by atoms with Gasteiger partial charge < -0.3 is 15.0 Å². The fraction of sp³-hybridized carbons (Fsp3) is 0.611. The van der Waals surface area contributed by atoms with E-state index in [9.17, 15) is 4.79 Å². The number of nitrogens with one attached hydrogen (secondary N) is 1. The van der Waals surface area contributed by atoms with Crippen molar-refractivity contribution < 1.29 is 9.53 Å². The minimum Gasteiger partial charge on any atom is -0.373 e. The number of piperidine rings is 1. The van der Waals surface area contributed by atoms with Gasteiger partial charge in [-0.2, -0.15) is 11.8 Å². The Morgan fingerprint density at radius 2 is 2.00 bits per heavy atom. The van der Waals surface area contributed by atoms with Gasteiger partial charge in [0.2, 0.25) is 5.91 Å². The third-order valence-corrected chi connectivity index (χ3v) is 5.67. The van der Waals surface area contributed by atoms with Gasteiger partial charge in [0.25, 0.3) is 0 Å². The molecular weight excluding hydrogens is 344 g/mol. The summed E-state index contributed by atoms with van der Waals surface area (Å²) in [5, 5.41) is 3.44. The van der Waals surface area contributed by atoms with Crippen LogP contribution in [-0.4, -0.2) is 54.1 Å². The van der Waals surface area contributed by atoms with Gasteiger partial charge in [-0.25, -0.2) is 0 Å². The molecule has 1 amide bonds. The molecule has 0 aliphatic carbocycles. The lowest BCUT2D eigenvalue weighted by molar-refractivity contribution is -0.134. The van der Waals surface area contributed by atoms with Crippen molar-refractivity contribution in [1.82, 2.24) is 10.2 Å². The van der Waals surface area contributed by atoms with Crippen molar-refractivity contribution in [3.05, 3.63) is 35.9 Å². The molecule has 1 aromatic rings. The fourth-order valence-electron chi connectivity index (χ4n) is 3.15. The van der Waals surface area contributed by atoms with Gasteiger partial charge in [0.1, 0.15) is 0 Å². The third-order valence-electron chi connectivity index (χ3n) is 4.54. The zero-order valence-corrected chi connectivity index (χ0v) is 15.6. The number of thioether (sulfide) groups is 1. The maximum absolute atomic E-state index is 12.4. The molecule has 0 bridgehead atoms. The molecule has 6 heteroatoms. The summed E-state index contributed by atoms with van der Waals surface area (Å²) in [6.07, 6.45) is 2.82. The average Bonchev–Trinajstić information content (AvgIpc) is 2.62. The van der Waals surface area contributed by atoms with Crippen LogP contribution in [0.1, 0.15) is 24.8 Å². The maximum atomic E-state index is 12.4. The van der Waals surface area contributed by atoms with Gasteiger partial charge in [-0.05, 0) is 18.4 Å². The van der Waals surface area contributed by atoms with Crippen molar-refractivity contribution in [3.63, 3.8) is 0 Å². The van der Waals surface area contributed by atoms with E-state index in [1.54, 1.807) is 0 Å². The van der Waals surface area contributed by atoms with Crippen molar-refractivity contribution >= 4 is 30.1 Å². The van der Waals surface area contributed by atoms with Crippen molar-refractivity contribution in [2.24, 2.45) is 0 Å². The first-order valence-electron chi connectivity index (χ1n) is 8.55. The van der Waals surface area contributed by atoms with E-state index in [-0.39, 0.29) is 18.5 Å². The van der Waals surface area contributed by atoms with Crippen LogP contribution < -0.4 is 5.32 Å². The summed E-state index contributed by atoms with van der Waals surface area (Å²) in [5.41, 5.74) is 1.21. The molecule has 0 aromatic heterocycles. The minimum absolute atomic E-state index is 0. The quantitative estimate of drug-likeness (QED) is 0.865. The Kier molecular flexibility index (Phi) is 8.39. The Morgan fingerprint density at radius 1 is 1.25 bits per heavy atom. The van der Waals surface area contributed by atoms with Gasteiger partial charge >= 0.3 is 0 Å². The van der Waals surface area contributed by atoms with Crippen LogP contribution in [0.4, 0.5) is 0 Å². The van der Waals surface area contributed by atoms with Crippen molar-refractivity contribution in [2.45, 2.75) is 38.0 Å². The van der Waals surface area contributed by atoms with Crippen LogP contribution in [0.15, 0.2) is 30.3 Å². The first-order valence-corrected chi connectivity index (χ1v) is 9.71. The Labute approximate surface area is 155 Å². The fourth-order valence-corrected chi connectivity index (χ4v) is 4.10. The van der Waals surface area contributed by atoms with Gasteiger partial charge in [0.15, 0.2) is 0 Å². The Bertz CT molecular complexity index is 489. The van der Waals surface area contributed by atoms with Crippen molar-refractivity contribution in [1.29, 1.82) is 0 Å². The van der Waals surface area contributed by atoms with Crippen LogP contribution in [0.5, 0.6) is 0 Å². The lowest BCUT2D eigenvalue weighted by atomic mass is 10.1. The van der Waals surface area contributed by atoms with Crippen molar-refractivity contribution in [2.75, 3.05) is 31.1 Å². The second-order valence-electron chi connectivity index (χ2n) is 6.31. The number of carbonyl (C=O) groups excluding carboxylic acids is 1. The average molecular weight is 371 g/mol. The van der Waals surface area contributed by atoms with Gasteiger partial charge in [-0.15, -0.1) is 12.4 Å². The van der Waals surface area contributed by atoms with Crippen LogP contribution in [0.3, 0.4) is 0 Å². The number of ether oxygens (including phenoxy) is 1. The first-order chi connectivity index (χ1) is 11.3. The molecule has 2 saturated heterocycles. The van der Waals surface area contributed by atoms with E-state index < -0.39 is 0 Å². The molecule has 24 heavy (non-hydrogen) atoms. The zero-order chi connectivity index (χ0) is 15.9. The van der Waals surface area contributed by atoms with Crippen LogP contribution in [0.2, 0.25) is 0 Å². The molecule has 0 saturated carbocycles. The number of hydrogen-bond donors (Lipinski definition) is 1. The number of nitrogens with zero attached hydrogens (tertiary/aromatic N) is 1. The standard InChI is InChI=1S/C18H26N2O2S.ClH/c21-18(12-16-14-23-11-8-19-16)20-9-6-17(7-10-20)22-13-15-4-2-1-3-5-15;/h1-5,16-17,19H,6-14H2;1H. The van der Waals surface area contributed by atoms with Crippen LogP contribution in [0.25, 0.3) is 0 Å². The summed E-state index contributed by atoms with van der Waals surface area (Å²) >= 11 is 1.94. The smallest absolute Gasteiger partial charge is 0.224 e. The molecule has 134 valence electrons.